The molecule has 0 spiro atoms. The van der Waals surface area contributed by atoms with Crippen molar-refractivity contribution in [2.24, 2.45) is 0 Å². The molecule has 3 aromatic rings. The second kappa shape index (κ2) is 11.9. The molecule has 0 saturated heterocycles. The van der Waals surface area contributed by atoms with Crippen LogP contribution in [0.3, 0.4) is 0 Å². The van der Waals surface area contributed by atoms with E-state index in [0.29, 0.717) is 12.0 Å². The molecule has 0 aliphatic carbocycles. The molecule has 2 amide bonds. The Bertz CT molecular complexity index is 1220. The van der Waals surface area contributed by atoms with Gasteiger partial charge in [-0.1, -0.05) is 76.6 Å². The van der Waals surface area contributed by atoms with E-state index < -0.39 is 16.5 Å². The molecular weight excluding hydrogens is 522 g/mol. The van der Waals surface area contributed by atoms with Crippen molar-refractivity contribution in [2.75, 3.05) is 0 Å². The third-order valence-corrected chi connectivity index (χ3v) is 6.03. The maximum absolute atomic E-state index is 13.8. The number of carbonyl (C=O) groups is 2. The molecule has 0 aliphatic rings. The first-order chi connectivity index (χ1) is 17.0. The minimum absolute atomic E-state index is 0.119. The Balaban J connectivity index is 2.03. The van der Waals surface area contributed by atoms with Crippen LogP contribution in [0.15, 0.2) is 83.3 Å². The number of hydrogen-bond donors (Lipinski definition) is 1. The molecule has 1 N–H and O–H groups in total. The van der Waals surface area contributed by atoms with Crippen molar-refractivity contribution >= 4 is 33.4 Å². The first-order valence-electron chi connectivity index (χ1n) is 11.7. The number of hydrogen-bond acceptors (Lipinski definition) is 4. The fourth-order valence-corrected chi connectivity index (χ4v) is 4.39. The second-order valence-corrected chi connectivity index (χ2v) is 10.6. The summed E-state index contributed by atoms with van der Waals surface area (Å²) in [6.07, 6.45) is 0.110. The van der Waals surface area contributed by atoms with E-state index in [0.717, 1.165) is 15.6 Å². The van der Waals surface area contributed by atoms with E-state index >= 15 is 0 Å². The summed E-state index contributed by atoms with van der Waals surface area (Å²) in [7, 11) is 0. The van der Waals surface area contributed by atoms with Gasteiger partial charge in [0.05, 0.1) is 11.3 Å². The Morgan fingerprint density at radius 2 is 1.61 bits per heavy atom. The zero-order valence-corrected chi connectivity index (χ0v) is 22.2. The summed E-state index contributed by atoms with van der Waals surface area (Å²) in [5, 5.41) is 14.6. The topological polar surface area (TPSA) is 92.6 Å². The van der Waals surface area contributed by atoms with Crippen molar-refractivity contribution in [3.05, 3.63) is 110 Å². The maximum Gasteiger partial charge on any atom is 0.273 e. The van der Waals surface area contributed by atoms with Gasteiger partial charge in [-0.25, -0.2) is 0 Å². The van der Waals surface area contributed by atoms with Crippen molar-refractivity contribution in [3.8, 4) is 0 Å². The maximum atomic E-state index is 13.8. The van der Waals surface area contributed by atoms with E-state index in [1.807, 2.05) is 75.4 Å². The summed E-state index contributed by atoms with van der Waals surface area (Å²) < 4.78 is 0.852. The molecule has 188 valence electrons. The van der Waals surface area contributed by atoms with Crippen molar-refractivity contribution in [1.82, 2.24) is 10.2 Å². The van der Waals surface area contributed by atoms with Gasteiger partial charge in [-0.2, -0.15) is 0 Å². The van der Waals surface area contributed by atoms with E-state index in [4.69, 9.17) is 0 Å². The molecule has 3 aromatic carbocycles. The molecule has 0 saturated carbocycles. The second-order valence-electron chi connectivity index (χ2n) is 9.66. The summed E-state index contributed by atoms with van der Waals surface area (Å²) in [6, 6.07) is 22.4. The number of para-hydroxylation sites is 1. The van der Waals surface area contributed by atoms with Crippen LogP contribution in [-0.4, -0.2) is 33.2 Å². The van der Waals surface area contributed by atoms with Crippen LogP contribution in [0.25, 0.3) is 0 Å². The largest absolute Gasteiger partial charge is 0.350 e. The third-order valence-electron chi connectivity index (χ3n) is 5.54. The van der Waals surface area contributed by atoms with E-state index in [1.165, 1.54) is 11.0 Å². The van der Waals surface area contributed by atoms with Gasteiger partial charge in [0.1, 0.15) is 6.04 Å². The molecule has 0 aromatic heterocycles. The fourth-order valence-electron chi connectivity index (χ4n) is 3.94. The first-order valence-corrected chi connectivity index (χ1v) is 12.4. The Hall–Kier alpha value is -3.52. The summed E-state index contributed by atoms with van der Waals surface area (Å²) in [4.78, 5) is 40.0. The highest BCUT2D eigenvalue weighted by molar-refractivity contribution is 9.10. The van der Waals surface area contributed by atoms with Crippen LogP contribution >= 0.6 is 15.9 Å². The lowest BCUT2D eigenvalue weighted by molar-refractivity contribution is -0.385. The molecule has 1 atom stereocenters. The molecule has 0 aliphatic heterocycles. The summed E-state index contributed by atoms with van der Waals surface area (Å²) in [5.74, 6) is -0.647. The third kappa shape index (κ3) is 7.75. The molecule has 7 nitrogen and oxygen atoms in total. The van der Waals surface area contributed by atoms with Gasteiger partial charge in [0.25, 0.3) is 5.69 Å². The number of nitrogens with one attached hydrogen (secondary N) is 1. The molecule has 0 radical (unpaired) electrons. The summed E-state index contributed by atoms with van der Waals surface area (Å²) in [6.45, 7) is 5.84. The average Bonchev–Trinajstić information content (AvgIpc) is 2.81. The van der Waals surface area contributed by atoms with Gasteiger partial charge in [-0.3, -0.25) is 19.7 Å². The normalized spacial score (nSPS) is 12.0. The Kier molecular flexibility index (Phi) is 8.98. The van der Waals surface area contributed by atoms with Gasteiger partial charge in [0.15, 0.2) is 0 Å². The van der Waals surface area contributed by atoms with Crippen LogP contribution in [0, 0.1) is 10.1 Å². The highest BCUT2D eigenvalue weighted by Crippen LogP contribution is 2.23. The SMILES string of the molecule is CC(C)(C)NC(=O)[C@@H](Cc1ccccc1)N(Cc1cccc(Br)c1)C(=O)Cc1ccccc1[N+](=O)[O-]. The number of carbonyl (C=O) groups excluding carboxylic acids is 2. The molecule has 36 heavy (non-hydrogen) atoms. The number of halogens is 1. The lowest BCUT2D eigenvalue weighted by Crippen LogP contribution is -2.54. The van der Waals surface area contributed by atoms with E-state index in [1.54, 1.807) is 18.2 Å². The van der Waals surface area contributed by atoms with Crippen molar-refractivity contribution in [1.29, 1.82) is 0 Å². The summed E-state index contributed by atoms with van der Waals surface area (Å²) in [5.41, 5.74) is 1.42. The van der Waals surface area contributed by atoms with Crippen molar-refractivity contribution in [2.45, 2.75) is 51.7 Å². The van der Waals surface area contributed by atoms with Crippen LogP contribution in [0.1, 0.15) is 37.5 Å². The molecule has 0 fully saturated rings. The highest BCUT2D eigenvalue weighted by Gasteiger charge is 2.33. The standard InChI is InChI=1S/C28H30BrN3O4/c1-28(2,3)30-27(34)25(17-20-10-5-4-6-11-20)31(19-21-12-9-14-23(29)16-21)26(33)18-22-13-7-8-15-24(22)32(35)36/h4-16,25H,17-19H2,1-3H3,(H,30,34)/t25-/m1/s1. The molecule has 0 unspecified atom stereocenters. The fraction of sp³-hybridized carbons (Fsp3) is 0.286. The number of nitro benzene ring substituents is 1. The molecule has 0 heterocycles. The minimum atomic E-state index is -0.819. The summed E-state index contributed by atoms with van der Waals surface area (Å²) >= 11 is 3.47. The number of rotatable bonds is 9. The van der Waals surface area contributed by atoms with Gasteiger partial charge < -0.3 is 10.2 Å². The predicted octanol–water partition coefficient (Wildman–Crippen LogP) is 5.45. The molecule has 3 rings (SSSR count). The molecule has 8 heteroatoms. The number of nitrogens with zero attached hydrogens (tertiary/aromatic N) is 2. The zero-order chi connectivity index (χ0) is 26.3. The average molecular weight is 552 g/mol. The van der Waals surface area contributed by atoms with Gasteiger partial charge in [-0.05, 0) is 44.0 Å². The number of benzene rings is 3. The first kappa shape index (κ1) is 27.1. The van der Waals surface area contributed by atoms with E-state index in [2.05, 4.69) is 21.2 Å². The predicted molar refractivity (Wildman–Crippen MR) is 143 cm³/mol. The Labute approximate surface area is 219 Å². The lowest BCUT2D eigenvalue weighted by Gasteiger charge is -2.34. The Morgan fingerprint density at radius 3 is 2.25 bits per heavy atom. The lowest BCUT2D eigenvalue weighted by atomic mass is 9.99. The van der Waals surface area contributed by atoms with E-state index in [-0.39, 0.29) is 30.5 Å². The van der Waals surface area contributed by atoms with Gasteiger partial charge in [-0.15, -0.1) is 0 Å². The van der Waals surface area contributed by atoms with Crippen LogP contribution in [0.5, 0.6) is 0 Å². The quantitative estimate of drug-likeness (QED) is 0.282. The highest BCUT2D eigenvalue weighted by atomic mass is 79.9. The molecular formula is C28H30BrN3O4. The monoisotopic (exact) mass is 551 g/mol. The van der Waals surface area contributed by atoms with Gasteiger partial charge >= 0.3 is 0 Å². The number of nitro groups is 1. The van der Waals surface area contributed by atoms with Crippen LogP contribution in [0.4, 0.5) is 5.69 Å². The van der Waals surface area contributed by atoms with E-state index in [9.17, 15) is 19.7 Å². The van der Waals surface area contributed by atoms with Crippen LogP contribution < -0.4 is 5.32 Å². The van der Waals surface area contributed by atoms with Crippen LogP contribution in [-0.2, 0) is 29.0 Å². The zero-order valence-electron chi connectivity index (χ0n) is 20.6. The molecule has 0 bridgehead atoms. The van der Waals surface area contributed by atoms with Crippen molar-refractivity contribution < 1.29 is 14.5 Å². The minimum Gasteiger partial charge on any atom is -0.350 e. The number of amides is 2. The van der Waals surface area contributed by atoms with Crippen LogP contribution in [0.2, 0.25) is 0 Å². The van der Waals surface area contributed by atoms with Gasteiger partial charge in [0.2, 0.25) is 11.8 Å². The van der Waals surface area contributed by atoms with Gasteiger partial charge in [0, 0.05) is 34.6 Å². The Morgan fingerprint density at radius 1 is 0.972 bits per heavy atom. The van der Waals surface area contributed by atoms with Crippen molar-refractivity contribution in [3.63, 3.8) is 0 Å². The smallest absolute Gasteiger partial charge is 0.273 e.